The van der Waals surface area contributed by atoms with Gasteiger partial charge in [0.15, 0.2) is 0 Å². The van der Waals surface area contributed by atoms with E-state index in [1.54, 1.807) is 30.0 Å². The van der Waals surface area contributed by atoms with Crippen LogP contribution in [0.1, 0.15) is 20.3 Å². The number of carboxylic acid groups (broad SMARTS) is 2. The highest BCUT2D eigenvalue weighted by molar-refractivity contribution is 8.69. The lowest BCUT2D eigenvalue weighted by Gasteiger charge is -2.19. The van der Waals surface area contributed by atoms with Crippen LogP contribution >= 0.6 is 52.0 Å². The molecule has 2 aromatic rings. The van der Waals surface area contributed by atoms with E-state index in [9.17, 15) is 9.59 Å². The van der Waals surface area contributed by atoms with Gasteiger partial charge in [-0.3, -0.25) is 9.59 Å². The number of furan rings is 1. The molecule has 1 aromatic heterocycles. The lowest BCUT2D eigenvalue weighted by Crippen LogP contribution is -2.32. The molecule has 0 saturated carbocycles. The first-order chi connectivity index (χ1) is 15.9. The first kappa shape index (κ1) is 33.0. The number of benzene rings is 1. The highest BCUT2D eigenvalue weighted by Crippen LogP contribution is 2.62. The van der Waals surface area contributed by atoms with Crippen molar-refractivity contribution in [3.63, 3.8) is 0 Å². The summed E-state index contributed by atoms with van der Waals surface area (Å²) < 4.78 is 15.5. The molecule has 0 aliphatic heterocycles. The van der Waals surface area contributed by atoms with Crippen molar-refractivity contribution < 1.29 is 38.4 Å². The Bertz CT molecular complexity index is 911. The molecule has 0 saturated heterocycles. The van der Waals surface area contributed by atoms with Crippen LogP contribution in [0, 0.1) is 0 Å². The van der Waals surface area contributed by atoms with Crippen LogP contribution in [-0.2, 0) is 30.4 Å². The number of hydrogen-bond acceptors (Lipinski definition) is 10. The number of hydrogen-bond donors (Lipinski definition) is 4. The molecule has 1 atom stereocenters. The first-order valence-electron chi connectivity index (χ1n) is 9.48. The van der Waals surface area contributed by atoms with Crippen LogP contribution in [0.3, 0.4) is 0 Å². The van der Waals surface area contributed by atoms with E-state index >= 15 is 0 Å². The van der Waals surface area contributed by atoms with Gasteiger partial charge in [-0.2, -0.15) is 0 Å². The molecule has 9 nitrogen and oxygen atoms in total. The van der Waals surface area contributed by atoms with Crippen molar-refractivity contribution in [1.82, 2.24) is 0 Å². The molecule has 0 radical (unpaired) electrons. The zero-order valence-electron chi connectivity index (χ0n) is 18.3. The quantitative estimate of drug-likeness (QED) is 0.139. The van der Waals surface area contributed by atoms with E-state index in [2.05, 4.69) is 4.42 Å². The smallest absolute Gasteiger partial charge is 0.321 e. The Hall–Kier alpha value is -0.950. The number of aromatic hydroxyl groups is 1. The maximum atomic E-state index is 9.85. The molecule has 0 aliphatic carbocycles. The van der Waals surface area contributed by atoms with Crippen LogP contribution in [-0.4, -0.2) is 51.6 Å². The number of carboxylic acids is 2. The van der Waals surface area contributed by atoms with E-state index in [1.165, 1.54) is 23.7 Å². The second-order valence-corrected chi connectivity index (χ2v) is 14.3. The van der Waals surface area contributed by atoms with Crippen molar-refractivity contribution in [3.8, 4) is 5.95 Å². The van der Waals surface area contributed by atoms with Gasteiger partial charge in [-0.15, -0.1) is 11.8 Å². The molecular weight excluding hydrogens is 568 g/mol. The number of carbonyl (C=O) groups is 2. The fourth-order valence-electron chi connectivity index (χ4n) is 1.72. The third kappa shape index (κ3) is 15.9. The molecule has 192 valence electrons. The summed E-state index contributed by atoms with van der Waals surface area (Å²) >= 11 is 20.6. The minimum atomic E-state index is -2.23. The van der Waals surface area contributed by atoms with Gasteiger partial charge in [-0.1, -0.05) is 34.6 Å². The van der Waals surface area contributed by atoms with Crippen LogP contribution in [0.4, 0.5) is 0 Å². The number of halogens is 2. The average molecular weight is 594 g/mol. The summed E-state index contributed by atoms with van der Waals surface area (Å²) in [5.74, 6) is -2.53. The van der Waals surface area contributed by atoms with Gasteiger partial charge in [0.2, 0.25) is 5.69 Å². The third-order valence-corrected chi connectivity index (χ3v) is 10.9. The fraction of sp³-hybridized carbons (Fsp3) is 0.368. The van der Waals surface area contributed by atoms with Crippen molar-refractivity contribution in [2.24, 2.45) is 5.73 Å². The second kappa shape index (κ2) is 18.3. The largest absolute Gasteiger partial charge is 0.481 e. The SMILES string of the molecule is CCOP(=S)(OCC)SCSc1cc(Cl)ccc1Cl.N[C@@H](CC(=O)O)C(=O)O.Oc1ccco1. The van der Waals surface area contributed by atoms with Crippen molar-refractivity contribution in [2.75, 3.05) is 18.3 Å². The van der Waals surface area contributed by atoms with Crippen LogP contribution < -0.4 is 5.73 Å². The van der Waals surface area contributed by atoms with Gasteiger partial charge < -0.3 is 34.5 Å². The number of nitrogens with two attached hydrogens (primary N) is 1. The molecular formula is C19H26Cl2NO8PS3. The summed E-state index contributed by atoms with van der Waals surface area (Å²) in [6.45, 7) is 4.96. The summed E-state index contributed by atoms with van der Waals surface area (Å²) in [5, 5.41) is 26.4. The molecule has 1 aromatic carbocycles. The molecule has 2 rings (SSSR count). The van der Waals surface area contributed by atoms with Gasteiger partial charge in [0.1, 0.15) is 6.04 Å². The Morgan fingerprint density at radius 1 is 1.21 bits per heavy atom. The Balaban J connectivity index is 0.000000594. The van der Waals surface area contributed by atoms with Crippen LogP contribution in [0.2, 0.25) is 10.0 Å². The number of aliphatic carboxylic acids is 2. The Morgan fingerprint density at radius 3 is 2.21 bits per heavy atom. The van der Waals surface area contributed by atoms with Crippen LogP contribution in [0.25, 0.3) is 0 Å². The summed E-state index contributed by atoms with van der Waals surface area (Å²) in [6.07, 6.45) is 0.880. The molecule has 0 spiro atoms. The zero-order chi connectivity index (χ0) is 26.1. The topological polar surface area (TPSA) is 152 Å². The summed E-state index contributed by atoms with van der Waals surface area (Å²) in [4.78, 5) is 20.6. The van der Waals surface area contributed by atoms with Gasteiger partial charge in [0.05, 0.1) is 36.0 Å². The summed E-state index contributed by atoms with van der Waals surface area (Å²) in [7, 11) is 0. The minimum Gasteiger partial charge on any atom is -0.481 e. The van der Waals surface area contributed by atoms with E-state index in [4.69, 9.17) is 65.1 Å². The molecule has 0 bridgehead atoms. The average Bonchev–Trinajstić information content (AvgIpc) is 3.22. The Morgan fingerprint density at radius 2 is 1.82 bits per heavy atom. The van der Waals surface area contributed by atoms with Crippen molar-refractivity contribution in [2.45, 2.75) is 31.2 Å². The van der Waals surface area contributed by atoms with Gasteiger partial charge in [0, 0.05) is 16.0 Å². The Kier molecular flexibility index (Phi) is 17.8. The van der Waals surface area contributed by atoms with Crippen molar-refractivity contribution in [3.05, 3.63) is 46.6 Å². The highest BCUT2D eigenvalue weighted by atomic mass is 35.5. The monoisotopic (exact) mass is 593 g/mol. The lowest BCUT2D eigenvalue weighted by molar-refractivity contribution is -0.144. The molecule has 15 heteroatoms. The predicted molar refractivity (Wildman–Crippen MR) is 141 cm³/mol. The molecule has 0 aliphatic rings. The van der Waals surface area contributed by atoms with Gasteiger partial charge in [0.25, 0.3) is 5.95 Å². The first-order valence-corrected chi connectivity index (χ1v) is 15.4. The van der Waals surface area contributed by atoms with Gasteiger partial charge in [-0.05, 0) is 49.9 Å². The van der Waals surface area contributed by atoms with E-state index in [0.29, 0.717) is 23.3 Å². The van der Waals surface area contributed by atoms with Crippen molar-refractivity contribution in [1.29, 1.82) is 0 Å². The van der Waals surface area contributed by atoms with Crippen LogP contribution in [0.15, 0.2) is 45.9 Å². The molecule has 1 heterocycles. The van der Waals surface area contributed by atoms with Crippen molar-refractivity contribution >= 4 is 75.8 Å². The third-order valence-electron chi connectivity index (χ3n) is 3.11. The maximum Gasteiger partial charge on any atom is 0.321 e. The number of thioether (sulfide) groups is 1. The predicted octanol–water partition coefficient (Wildman–Crippen LogP) is 5.93. The van der Waals surface area contributed by atoms with Gasteiger partial charge >= 0.3 is 11.9 Å². The lowest BCUT2D eigenvalue weighted by atomic mass is 10.2. The Labute approximate surface area is 221 Å². The zero-order valence-corrected chi connectivity index (χ0v) is 23.1. The normalized spacial score (nSPS) is 11.4. The van der Waals surface area contributed by atoms with E-state index in [1.807, 2.05) is 19.9 Å². The molecule has 0 unspecified atom stereocenters. The molecule has 0 amide bonds. The minimum absolute atomic E-state index is 0.0324. The fourth-order valence-corrected chi connectivity index (χ4v) is 9.25. The molecule has 34 heavy (non-hydrogen) atoms. The molecule has 5 N–H and O–H groups in total. The van der Waals surface area contributed by atoms with E-state index in [-0.39, 0.29) is 5.95 Å². The summed E-state index contributed by atoms with van der Waals surface area (Å²) in [6, 6.07) is 7.21. The standard InChI is InChI=1S/C11H15Cl2O2PS3.C4H7NO4.C4H4O2/c1-3-14-16(17,15-4-2)19-8-18-11-7-9(12)5-6-10(11)13;5-2(4(8)9)1-3(6)7;5-4-2-1-3-6-4/h5-7H,3-4,8H2,1-2H3;2H,1,5H2,(H,6,7)(H,8,9);1-3,5H/t;2-;/m.0./s1. The summed E-state index contributed by atoms with van der Waals surface area (Å²) in [5.41, 5.74) is 2.61. The highest BCUT2D eigenvalue weighted by Gasteiger charge is 2.19. The maximum absolute atomic E-state index is 9.85. The molecule has 0 fully saturated rings. The second-order valence-electron chi connectivity index (χ2n) is 5.74. The van der Waals surface area contributed by atoms with E-state index in [0.717, 1.165) is 9.98 Å². The number of rotatable bonds is 11. The van der Waals surface area contributed by atoms with Gasteiger partial charge in [-0.25, -0.2) is 0 Å². The van der Waals surface area contributed by atoms with E-state index < -0.39 is 30.1 Å². The van der Waals surface area contributed by atoms with Crippen LogP contribution in [0.5, 0.6) is 5.95 Å².